The van der Waals surface area contributed by atoms with Gasteiger partial charge in [-0.25, -0.2) is 9.78 Å². The summed E-state index contributed by atoms with van der Waals surface area (Å²) in [5.74, 6) is -0.490. The van der Waals surface area contributed by atoms with E-state index in [1.807, 2.05) is 26.8 Å². The van der Waals surface area contributed by atoms with E-state index < -0.39 is 17.9 Å². The van der Waals surface area contributed by atoms with Crippen molar-refractivity contribution in [1.82, 2.24) is 4.98 Å². The number of aromatic nitrogens is 1. The Morgan fingerprint density at radius 3 is 2.38 bits per heavy atom. The first-order valence-electron chi connectivity index (χ1n) is 10.8. The fourth-order valence-corrected chi connectivity index (χ4v) is 4.35. The Morgan fingerprint density at radius 1 is 1.00 bits per heavy atom. The van der Waals surface area contributed by atoms with Crippen LogP contribution in [0.3, 0.4) is 0 Å². The molecule has 1 aliphatic heterocycles. The van der Waals surface area contributed by atoms with E-state index in [9.17, 15) is 14.4 Å². The molecule has 0 fully saturated rings. The summed E-state index contributed by atoms with van der Waals surface area (Å²) in [6.45, 7) is 5.76. The molecule has 0 spiro atoms. The van der Waals surface area contributed by atoms with Gasteiger partial charge in [0, 0.05) is 6.20 Å². The number of fused-ring (bicyclic) bond motifs is 2. The smallest absolute Gasteiger partial charge is 0.337 e. The maximum absolute atomic E-state index is 13.7. The molecule has 4 aromatic rings. The normalized spacial score (nSPS) is 15.0. The van der Waals surface area contributed by atoms with E-state index in [-0.39, 0.29) is 16.8 Å². The first-order valence-corrected chi connectivity index (χ1v) is 10.8. The Bertz CT molecular complexity index is 1540. The van der Waals surface area contributed by atoms with Crippen molar-refractivity contribution in [2.75, 3.05) is 12.0 Å². The van der Waals surface area contributed by atoms with Crippen LogP contribution in [0, 0.1) is 20.8 Å². The van der Waals surface area contributed by atoms with Gasteiger partial charge in [-0.3, -0.25) is 14.5 Å². The fourth-order valence-electron chi connectivity index (χ4n) is 4.35. The summed E-state index contributed by atoms with van der Waals surface area (Å²) in [6, 6.07) is 13.1. The van der Waals surface area contributed by atoms with E-state index in [1.165, 1.54) is 12.0 Å². The Hall–Kier alpha value is -4.26. The van der Waals surface area contributed by atoms with Crippen molar-refractivity contribution in [1.29, 1.82) is 0 Å². The number of rotatable bonds is 3. The van der Waals surface area contributed by atoms with Gasteiger partial charge in [0.1, 0.15) is 11.4 Å². The van der Waals surface area contributed by atoms with Gasteiger partial charge in [0.25, 0.3) is 5.91 Å². The lowest BCUT2D eigenvalue weighted by molar-refractivity contribution is 0.0600. The van der Waals surface area contributed by atoms with Crippen LogP contribution in [0.2, 0.25) is 0 Å². The zero-order chi connectivity index (χ0) is 24.1. The summed E-state index contributed by atoms with van der Waals surface area (Å²) in [5, 5.41) is 0.421. The zero-order valence-corrected chi connectivity index (χ0v) is 19.2. The minimum Gasteiger partial charge on any atom is -0.465 e. The first-order chi connectivity index (χ1) is 16.3. The van der Waals surface area contributed by atoms with Crippen LogP contribution in [-0.2, 0) is 4.74 Å². The maximum Gasteiger partial charge on any atom is 0.337 e. The molecule has 0 unspecified atom stereocenters. The van der Waals surface area contributed by atoms with Crippen LogP contribution in [0.4, 0.5) is 5.82 Å². The number of carbonyl (C=O) groups excluding carboxylic acids is 2. The van der Waals surface area contributed by atoms with Crippen molar-refractivity contribution >= 4 is 28.7 Å². The van der Waals surface area contributed by atoms with Gasteiger partial charge in [0.15, 0.2) is 5.43 Å². The van der Waals surface area contributed by atoms with Gasteiger partial charge in [-0.15, -0.1) is 0 Å². The lowest BCUT2D eigenvalue weighted by atomic mass is 9.96. The summed E-state index contributed by atoms with van der Waals surface area (Å²) >= 11 is 0. The molecule has 0 bridgehead atoms. The summed E-state index contributed by atoms with van der Waals surface area (Å²) in [5.41, 5.74) is 4.24. The number of anilines is 1. The standard InChI is InChI=1S/C27H22N2O5/c1-14-9-10-28-21(11-14)29-23(17-5-7-18(8-6-17)27(32)33-4)22-24(30)19-12-15(2)16(3)13-20(19)34-25(22)26(29)31/h5-13,23H,1-4H3/t23-/m1/s1. The number of aryl methyl sites for hydroxylation is 3. The summed E-state index contributed by atoms with van der Waals surface area (Å²) in [4.78, 5) is 45.2. The topological polar surface area (TPSA) is 89.7 Å². The average Bonchev–Trinajstić information content (AvgIpc) is 3.12. The molecule has 7 heteroatoms. The van der Waals surface area contributed by atoms with Gasteiger partial charge >= 0.3 is 5.97 Å². The number of methoxy groups -OCH3 is 1. The molecule has 34 heavy (non-hydrogen) atoms. The third-order valence-electron chi connectivity index (χ3n) is 6.28. The molecular formula is C27H22N2O5. The lowest BCUT2D eigenvalue weighted by Gasteiger charge is -2.24. The highest BCUT2D eigenvalue weighted by molar-refractivity contribution is 6.10. The molecule has 170 valence electrons. The second-order valence-electron chi connectivity index (χ2n) is 8.49. The largest absolute Gasteiger partial charge is 0.465 e. The number of hydrogen-bond donors (Lipinski definition) is 0. The number of nitrogens with zero attached hydrogens (tertiary/aromatic N) is 2. The van der Waals surface area contributed by atoms with Crippen LogP contribution < -0.4 is 10.3 Å². The molecule has 2 aromatic carbocycles. The van der Waals surface area contributed by atoms with Crippen molar-refractivity contribution in [2.45, 2.75) is 26.8 Å². The lowest BCUT2D eigenvalue weighted by Crippen LogP contribution is -2.30. The van der Waals surface area contributed by atoms with E-state index in [1.54, 1.807) is 48.7 Å². The predicted molar refractivity (Wildman–Crippen MR) is 127 cm³/mol. The predicted octanol–water partition coefficient (Wildman–Crippen LogP) is 4.65. The number of ether oxygens (including phenoxy) is 1. The van der Waals surface area contributed by atoms with Gasteiger partial charge in [-0.05, 0) is 79.4 Å². The fraction of sp³-hybridized carbons (Fsp3) is 0.185. The SMILES string of the molecule is COC(=O)c1ccc([C@@H]2c3c(oc4cc(C)c(C)cc4c3=O)C(=O)N2c2cc(C)ccn2)cc1. The van der Waals surface area contributed by atoms with Crippen LogP contribution in [0.15, 0.2) is 63.9 Å². The number of benzene rings is 2. The van der Waals surface area contributed by atoms with Gasteiger partial charge in [0.2, 0.25) is 5.76 Å². The third-order valence-corrected chi connectivity index (χ3v) is 6.28. The zero-order valence-electron chi connectivity index (χ0n) is 19.2. The highest BCUT2D eigenvalue weighted by atomic mass is 16.5. The second kappa shape index (κ2) is 7.95. The number of amides is 1. The van der Waals surface area contributed by atoms with E-state index in [0.29, 0.717) is 27.9 Å². The molecule has 7 nitrogen and oxygen atoms in total. The van der Waals surface area contributed by atoms with E-state index in [0.717, 1.165) is 16.7 Å². The van der Waals surface area contributed by atoms with Crippen molar-refractivity contribution in [3.05, 3.63) is 104 Å². The summed E-state index contributed by atoms with van der Waals surface area (Å²) in [6.07, 6.45) is 1.62. The molecule has 1 atom stereocenters. The first kappa shape index (κ1) is 21.6. The van der Waals surface area contributed by atoms with Gasteiger partial charge in [0.05, 0.1) is 29.7 Å². The highest BCUT2D eigenvalue weighted by Gasteiger charge is 2.44. The monoisotopic (exact) mass is 454 g/mol. The quantitative estimate of drug-likeness (QED) is 0.419. The minimum atomic E-state index is -0.759. The Labute approximate surface area is 195 Å². The van der Waals surface area contributed by atoms with Crippen LogP contribution >= 0.6 is 0 Å². The summed E-state index contributed by atoms with van der Waals surface area (Å²) < 4.78 is 10.8. The van der Waals surface area contributed by atoms with Crippen LogP contribution in [0.1, 0.15) is 54.8 Å². The van der Waals surface area contributed by atoms with Crippen molar-refractivity contribution in [2.24, 2.45) is 0 Å². The Kier molecular flexibility index (Phi) is 5.05. The van der Waals surface area contributed by atoms with Gasteiger partial charge in [-0.2, -0.15) is 0 Å². The van der Waals surface area contributed by atoms with Gasteiger partial charge in [-0.1, -0.05) is 12.1 Å². The molecule has 3 heterocycles. The summed E-state index contributed by atoms with van der Waals surface area (Å²) in [7, 11) is 1.31. The molecule has 1 aliphatic rings. The molecule has 2 aromatic heterocycles. The molecule has 0 N–H and O–H groups in total. The number of hydrogen-bond acceptors (Lipinski definition) is 6. The molecular weight excluding hydrogens is 432 g/mol. The average molecular weight is 454 g/mol. The number of carbonyl (C=O) groups is 2. The Balaban J connectivity index is 1.78. The molecule has 5 rings (SSSR count). The van der Waals surface area contributed by atoms with Crippen LogP contribution in [-0.4, -0.2) is 24.0 Å². The number of esters is 1. The maximum atomic E-state index is 13.7. The van der Waals surface area contributed by atoms with Crippen molar-refractivity contribution in [3.8, 4) is 0 Å². The van der Waals surface area contributed by atoms with E-state index >= 15 is 0 Å². The van der Waals surface area contributed by atoms with Crippen molar-refractivity contribution < 1.29 is 18.7 Å². The highest BCUT2D eigenvalue weighted by Crippen LogP contribution is 2.41. The molecule has 0 radical (unpaired) electrons. The van der Waals surface area contributed by atoms with E-state index in [2.05, 4.69) is 4.98 Å². The molecule has 0 saturated heterocycles. The van der Waals surface area contributed by atoms with Crippen molar-refractivity contribution in [3.63, 3.8) is 0 Å². The molecule has 1 amide bonds. The van der Waals surface area contributed by atoms with Crippen LogP contribution in [0.25, 0.3) is 11.0 Å². The third kappa shape index (κ3) is 3.28. The Morgan fingerprint density at radius 2 is 1.71 bits per heavy atom. The molecule has 0 aliphatic carbocycles. The van der Waals surface area contributed by atoms with Crippen LogP contribution in [0.5, 0.6) is 0 Å². The second-order valence-corrected chi connectivity index (χ2v) is 8.49. The van der Waals surface area contributed by atoms with E-state index in [4.69, 9.17) is 9.15 Å². The molecule has 0 saturated carbocycles. The van der Waals surface area contributed by atoms with Gasteiger partial charge < -0.3 is 9.15 Å². The minimum absolute atomic E-state index is 0.00565. The number of pyridine rings is 1.